The molecule has 0 saturated heterocycles. The number of imidazole rings is 1. The number of H-pyrrole nitrogens is 2. The lowest BCUT2D eigenvalue weighted by atomic mass is 10.2. The van der Waals surface area contributed by atoms with Gasteiger partial charge in [0.1, 0.15) is 5.82 Å². The van der Waals surface area contributed by atoms with E-state index in [1.807, 2.05) is 0 Å². The fourth-order valence-electron chi connectivity index (χ4n) is 1.80. The van der Waals surface area contributed by atoms with Crippen molar-refractivity contribution in [1.82, 2.24) is 24.9 Å². The molecule has 0 saturated carbocycles. The van der Waals surface area contributed by atoms with E-state index in [0.29, 0.717) is 12.4 Å². The Morgan fingerprint density at radius 1 is 1.26 bits per heavy atom. The second kappa shape index (κ2) is 4.18. The number of nitrogens with zero attached hydrogens (tertiary/aromatic N) is 3. The first-order valence-corrected chi connectivity index (χ1v) is 5.58. The maximum absolute atomic E-state index is 11.7. The second-order valence-electron chi connectivity index (χ2n) is 3.98. The first kappa shape index (κ1) is 11.4. The molecule has 0 aromatic carbocycles. The Kier molecular flexibility index (Phi) is 2.50. The van der Waals surface area contributed by atoms with Crippen LogP contribution in [0.1, 0.15) is 5.69 Å². The van der Waals surface area contributed by atoms with E-state index in [1.54, 1.807) is 18.3 Å². The number of nitrogens with two attached hydrogens (primary N) is 2. The standard InChI is InChI=1S/C11H11N7O/c12-4-6-3-5(1-2-14-6)8-15-7-9(16-8)17-11(13)18-10(7)19/h1-3H,4,12H2,(H4,13,15,16,17,18,19). The Bertz CT molecular complexity index is 804. The minimum atomic E-state index is -0.352. The number of nitrogen functional groups attached to an aromatic ring is 1. The summed E-state index contributed by atoms with van der Waals surface area (Å²) >= 11 is 0. The minimum absolute atomic E-state index is 0.0351. The van der Waals surface area contributed by atoms with Crippen LogP contribution < -0.4 is 17.0 Å². The van der Waals surface area contributed by atoms with Crippen molar-refractivity contribution < 1.29 is 0 Å². The Morgan fingerprint density at radius 3 is 2.89 bits per heavy atom. The summed E-state index contributed by atoms with van der Waals surface area (Å²) in [6.07, 6.45) is 1.64. The maximum atomic E-state index is 11.7. The van der Waals surface area contributed by atoms with Crippen LogP contribution >= 0.6 is 0 Å². The van der Waals surface area contributed by atoms with Crippen molar-refractivity contribution in [2.45, 2.75) is 6.54 Å². The molecule has 0 aliphatic rings. The van der Waals surface area contributed by atoms with Crippen molar-refractivity contribution in [2.75, 3.05) is 5.73 Å². The molecule has 0 aliphatic heterocycles. The average Bonchev–Trinajstić information content (AvgIpc) is 2.83. The largest absolute Gasteiger partial charge is 0.369 e. The van der Waals surface area contributed by atoms with Gasteiger partial charge >= 0.3 is 0 Å². The van der Waals surface area contributed by atoms with Crippen LogP contribution in [0.2, 0.25) is 0 Å². The quantitative estimate of drug-likeness (QED) is 0.499. The summed E-state index contributed by atoms with van der Waals surface area (Å²) < 4.78 is 0. The third-order valence-electron chi connectivity index (χ3n) is 2.68. The maximum Gasteiger partial charge on any atom is 0.278 e. The molecule has 0 bridgehead atoms. The summed E-state index contributed by atoms with van der Waals surface area (Å²) in [5, 5.41) is 0. The van der Waals surface area contributed by atoms with Crippen molar-refractivity contribution in [2.24, 2.45) is 5.73 Å². The van der Waals surface area contributed by atoms with E-state index >= 15 is 0 Å². The van der Waals surface area contributed by atoms with Gasteiger partial charge in [0.25, 0.3) is 5.56 Å². The Morgan fingerprint density at radius 2 is 2.11 bits per heavy atom. The number of hydrogen-bond donors (Lipinski definition) is 4. The lowest BCUT2D eigenvalue weighted by Crippen LogP contribution is -2.10. The molecule has 0 spiro atoms. The van der Waals surface area contributed by atoms with E-state index in [9.17, 15) is 4.79 Å². The highest BCUT2D eigenvalue weighted by molar-refractivity contribution is 5.75. The Labute approximate surface area is 106 Å². The molecule has 3 aromatic heterocycles. The summed E-state index contributed by atoms with van der Waals surface area (Å²) in [6.45, 7) is 0.333. The van der Waals surface area contributed by atoms with Gasteiger partial charge in [0.15, 0.2) is 11.2 Å². The third kappa shape index (κ3) is 1.93. The summed E-state index contributed by atoms with van der Waals surface area (Å²) in [6, 6.07) is 3.57. The van der Waals surface area contributed by atoms with E-state index in [2.05, 4.69) is 24.9 Å². The first-order chi connectivity index (χ1) is 9.17. The minimum Gasteiger partial charge on any atom is -0.369 e. The molecule has 0 fully saturated rings. The molecule has 8 nitrogen and oxygen atoms in total. The van der Waals surface area contributed by atoms with Crippen LogP contribution in [0, 0.1) is 0 Å². The molecular weight excluding hydrogens is 246 g/mol. The highest BCUT2D eigenvalue weighted by atomic mass is 16.1. The van der Waals surface area contributed by atoms with Crippen LogP contribution in [0.25, 0.3) is 22.6 Å². The predicted molar refractivity (Wildman–Crippen MR) is 70.0 cm³/mol. The number of aromatic nitrogens is 5. The number of pyridine rings is 1. The molecule has 3 aromatic rings. The van der Waals surface area contributed by atoms with Crippen molar-refractivity contribution >= 4 is 17.1 Å². The lowest BCUT2D eigenvalue weighted by molar-refractivity contribution is 0.990. The third-order valence-corrected chi connectivity index (χ3v) is 2.68. The average molecular weight is 257 g/mol. The fraction of sp³-hybridized carbons (Fsp3) is 0.0909. The normalized spacial score (nSPS) is 11.0. The zero-order valence-electron chi connectivity index (χ0n) is 9.84. The number of rotatable bonds is 2. The second-order valence-corrected chi connectivity index (χ2v) is 3.98. The topological polar surface area (TPSA) is 139 Å². The zero-order valence-corrected chi connectivity index (χ0v) is 9.84. The summed E-state index contributed by atoms with van der Waals surface area (Å²) in [4.78, 5) is 29.3. The van der Waals surface area contributed by atoms with Crippen molar-refractivity contribution in [3.63, 3.8) is 0 Å². The van der Waals surface area contributed by atoms with Crippen LogP contribution in [0.4, 0.5) is 5.95 Å². The van der Waals surface area contributed by atoms with Crippen molar-refractivity contribution in [3.8, 4) is 11.4 Å². The van der Waals surface area contributed by atoms with E-state index in [0.717, 1.165) is 11.3 Å². The highest BCUT2D eigenvalue weighted by Gasteiger charge is 2.10. The molecule has 0 aliphatic carbocycles. The fourth-order valence-corrected chi connectivity index (χ4v) is 1.80. The molecule has 3 heterocycles. The molecule has 6 N–H and O–H groups in total. The van der Waals surface area contributed by atoms with E-state index < -0.39 is 0 Å². The zero-order chi connectivity index (χ0) is 13.4. The Hall–Kier alpha value is -2.74. The Balaban J connectivity index is 2.20. The predicted octanol–water partition coefficient (Wildman–Crippen LogP) is -0.251. The molecule has 8 heteroatoms. The molecule has 96 valence electrons. The van der Waals surface area contributed by atoms with Crippen LogP contribution in [0.5, 0.6) is 0 Å². The number of nitrogens with one attached hydrogen (secondary N) is 2. The van der Waals surface area contributed by atoms with Gasteiger partial charge < -0.3 is 16.5 Å². The first-order valence-electron chi connectivity index (χ1n) is 5.58. The number of anilines is 1. The summed E-state index contributed by atoms with van der Waals surface area (Å²) in [7, 11) is 0. The lowest BCUT2D eigenvalue weighted by Gasteiger charge is -1.98. The van der Waals surface area contributed by atoms with Crippen molar-refractivity contribution in [1.29, 1.82) is 0 Å². The van der Waals surface area contributed by atoms with Gasteiger partial charge in [-0.2, -0.15) is 4.98 Å². The van der Waals surface area contributed by atoms with Gasteiger partial charge in [-0.3, -0.25) is 14.8 Å². The van der Waals surface area contributed by atoms with Gasteiger partial charge in [0, 0.05) is 18.3 Å². The highest BCUT2D eigenvalue weighted by Crippen LogP contribution is 2.18. The smallest absolute Gasteiger partial charge is 0.278 e. The van der Waals surface area contributed by atoms with Crippen LogP contribution in [0.15, 0.2) is 23.1 Å². The SMILES string of the molecule is NCc1cc(-c2nc3nc(N)[nH]c(=O)c3[nH]2)ccn1. The van der Waals surface area contributed by atoms with Crippen LogP contribution in [0.3, 0.4) is 0 Å². The summed E-state index contributed by atoms with van der Waals surface area (Å²) in [5.74, 6) is 0.559. The van der Waals surface area contributed by atoms with Crippen molar-refractivity contribution in [3.05, 3.63) is 34.4 Å². The molecule has 0 atom stereocenters. The molecule has 19 heavy (non-hydrogen) atoms. The molecule has 3 rings (SSSR count). The van der Waals surface area contributed by atoms with Gasteiger partial charge in [0.05, 0.1) is 5.69 Å². The van der Waals surface area contributed by atoms with E-state index in [4.69, 9.17) is 11.5 Å². The summed E-state index contributed by atoms with van der Waals surface area (Å²) in [5.41, 5.74) is 12.7. The molecule has 0 unspecified atom stereocenters. The van der Waals surface area contributed by atoms with E-state index in [1.165, 1.54) is 0 Å². The van der Waals surface area contributed by atoms with Crippen LogP contribution in [-0.2, 0) is 6.54 Å². The molecule has 0 radical (unpaired) electrons. The van der Waals surface area contributed by atoms with Crippen LogP contribution in [-0.4, -0.2) is 24.9 Å². The molecular formula is C11H11N7O. The van der Waals surface area contributed by atoms with Gasteiger partial charge in [-0.05, 0) is 12.1 Å². The van der Waals surface area contributed by atoms with E-state index in [-0.39, 0.29) is 22.7 Å². The van der Waals surface area contributed by atoms with Gasteiger partial charge in [-0.25, -0.2) is 4.98 Å². The number of fused-ring (bicyclic) bond motifs is 1. The molecule has 0 amide bonds. The van der Waals surface area contributed by atoms with Gasteiger partial charge in [-0.15, -0.1) is 0 Å². The van der Waals surface area contributed by atoms with Gasteiger partial charge in [0.2, 0.25) is 5.95 Å². The monoisotopic (exact) mass is 257 g/mol. The number of hydrogen-bond acceptors (Lipinski definition) is 6. The van der Waals surface area contributed by atoms with Gasteiger partial charge in [-0.1, -0.05) is 0 Å². The number of aromatic amines is 2.